The van der Waals surface area contributed by atoms with E-state index in [4.69, 9.17) is 9.47 Å². The van der Waals surface area contributed by atoms with Crippen LogP contribution in [-0.4, -0.2) is 26.8 Å². The van der Waals surface area contributed by atoms with Gasteiger partial charge in [-0.2, -0.15) is 13.2 Å². The Kier molecular flexibility index (Phi) is 3.77. The van der Waals surface area contributed by atoms with Gasteiger partial charge >= 0.3 is 5.92 Å². The molecular weight excluding hydrogens is 256 g/mol. The van der Waals surface area contributed by atoms with Crippen LogP contribution < -0.4 is 14.8 Å². The average molecular weight is 268 g/mol. The molecule has 1 aromatic rings. The molecule has 17 heavy (non-hydrogen) atoms. The molecule has 0 radical (unpaired) electrons. The first-order chi connectivity index (χ1) is 7.75. The summed E-state index contributed by atoms with van der Waals surface area (Å²) in [4.78, 5) is 0. The summed E-state index contributed by atoms with van der Waals surface area (Å²) in [7, 11) is -2.15. The van der Waals surface area contributed by atoms with Gasteiger partial charge in [0.1, 0.15) is 16.8 Å². The molecule has 0 N–H and O–H groups in total. The molecule has 0 amide bonds. The van der Waals surface area contributed by atoms with Crippen LogP contribution in [0.2, 0.25) is 0 Å². The van der Waals surface area contributed by atoms with Crippen LogP contribution in [0.4, 0.5) is 13.2 Å². The van der Waals surface area contributed by atoms with Crippen molar-refractivity contribution >= 4 is 12.4 Å². The SMILES string of the molecule is COc1cccc(OC)c1P(C)(=O)C(F)(F)F. The lowest BCUT2D eigenvalue weighted by atomic mass is 10.3. The minimum Gasteiger partial charge on any atom is -0.496 e. The molecule has 0 aromatic heterocycles. The Morgan fingerprint density at radius 2 is 1.53 bits per heavy atom. The molecule has 0 saturated heterocycles. The molecule has 7 heteroatoms. The molecule has 1 aromatic carbocycles. The summed E-state index contributed by atoms with van der Waals surface area (Å²) in [6.07, 6.45) is 0. The van der Waals surface area contributed by atoms with Gasteiger partial charge in [0.05, 0.1) is 14.2 Å². The lowest BCUT2D eigenvalue weighted by molar-refractivity contribution is -0.0446. The number of ether oxygens (including phenoxy) is 2. The monoisotopic (exact) mass is 268 g/mol. The van der Waals surface area contributed by atoms with E-state index in [0.717, 1.165) is 0 Å². The van der Waals surface area contributed by atoms with Gasteiger partial charge < -0.3 is 14.0 Å². The van der Waals surface area contributed by atoms with Crippen molar-refractivity contribution in [1.29, 1.82) is 0 Å². The third-order valence-electron chi connectivity index (χ3n) is 2.31. The number of halogens is 3. The van der Waals surface area contributed by atoms with E-state index in [2.05, 4.69) is 0 Å². The van der Waals surface area contributed by atoms with Crippen LogP contribution in [0, 0.1) is 0 Å². The highest BCUT2D eigenvalue weighted by molar-refractivity contribution is 7.72. The lowest BCUT2D eigenvalue weighted by Crippen LogP contribution is -2.21. The minimum atomic E-state index is -4.82. The molecular formula is C10H12F3O3P. The first-order valence-corrected chi connectivity index (χ1v) is 6.77. The molecule has 0 heterocycles. The van der Waals surface area contributed by atoms with Crippen LogP contribution in [0.3, 0.4) is 0 Å². The van der Waals surface area contributed by atoms with Gasteiger partial charge in [0, 0.05) is 6.66 Å². The molecule has 1 atom stereocenters. The Morgan fingerprint density at radius 3 is 1.82 bits per heavy atom. The maximum Gasteiger partial charge on any atom is 0.443 e. The van der Waals surface area contributed by atoms with Crippen LogP contribution >= 0.6 is 7.14 Å². The molecule has 0 aliphatic carbocycles. The van der Waals surface area contributed by atoms with Crippen molar-refractivity contribution in [1.82, 2.24) is 0 Å². The standard InChI is InChI=1S/C10H12F3O3P/c1-15-7-5-4-6-8(16-2)9(7)17(3,14)10(11,12)13/h4-6H,1-3H3. The highest BCUT2D eigenvalue weighted by atomic mass is 31.2. The first kappa shape index (κ1) is 13.9. The van der Waals surface area contributed by atoms with Crippen LogP contribution in [0.1, 0.15) is 0 Å². The van der Waals surface area contributed by atoms with E-state index in [0.29, 0.717) is 6.66 Å². The number of hydrogen-bond acceptors (Lipinski definition) is 3. The summed E-state index contributed by atoms with van der Waals surface area (Å²) in [5, 5.41) is -0.433. The summed E-state index contributed by atoms with van der Waals surface area (Å²) in [5.74, 6) is -5.01. The fourth-order valence-corrected chi connectivity index (χ4v) is 2.81. The summed E-state index contributed by atoms with van der Waals surface area (Å²) in [6, 6.07) is 4.11. The van der Waals surface area contributed by atoms with Crippen LogP contribution in [-0.2, 0) is 4.57 Å². The maximum atomic E-state index is 12.8. The second-order valence-electron chi connectivity index (χ2n) is 3.40. The van der Waals surface area contributed by atoms with E-state index >= 15 is 0 Å². The van der Waals surface area contributed by atoms with Crippen molar-refractivity contribution in [2.45, 2.75) is 5.92 Å². The van der Waals surface area contributed by atoms with Crippen molar-refractivity contribution in [3.8, 4) is 11.5 Å². The smallest absolute Gasteiger partial charge is 0.443 e. The first-order valence-electron chi connectivity index (χ1n) is 4.61. The predicted octanol–water partition coefficient (Wildman–Crippen LogP) is 2.84. The van der Waals surface area contributed by atoms with Crippen molar-refractivity contribution in [3.05, 3.63) is 18.2 Å². The normalized spacial score (nSPS) is 15.2. The van der Waals surface area contributed by atoms with Gasteiger partial charge in [-0.1, -0.05) is 6.07 Å². The van der Waals surface area contributed by atoms with E-state index in [9.17, 15) is 17.7 Å². The highest BCUT2D eigenvalue weighted by Gasteiger charge is 2.51. The summed E-state index contributed by atoms with van der Waals surface area (Å²) >= 11 is 0. The molecule has 0 aliphatic heterocycles. The number of alkyl halides is 3. The van der Waals surface area contributed by atoms with Gasteiger partial charge in [0.25, 0.3) is 0 Å². The zero-order chi connectivity index (χ0) is 13.3. The third-order valence-corrected chi connectivity index (χ3v) is 4.57. The van der Waals surface area contributed by atoms with Gasteiger partial charge in [-0.25, -0.2) is 0 Å². The number of rotatable bonds is 3. The molecule has 0 saturated carbocycles. The predicted molar refractivity (Wildman–Crippen MR) is 58.8 cm³/mol. The van der Waals surface area contributed by atoms with Crippen LogP contribution in [0.15, 0.2) is 18.2 Å². The molecule has 96 valence electrons. The molecule has 0 spiro atoms. The van der Waals surface area contributed by atoms with Crippen molar-refractivity contribution in [2.24, 2.45) is 0 Å². The number of hydrogen-bond donors (Lipinski definition) is 0. The Morgan fingerprint density at radius 1 is 1.12 bits per heavy atom. The minimum absolute atomic E-state index is 0.0903. The van der Waals surface area contributed by atoms with Crippen LogP contribution in [0.25, 0.3) is 0 Å². The van der Waals surface area contributed by atoms with Gasteiger partial charge in [-0.3, -0.25) is 0 Å². The van der Waals surface area contributed by atoms with Gasteiger partial charge in [0.15, 0.2) is 0 Å². The summed E-state index contributed by atoms with van der Waals surface area (Å²) in [6.45, 7) is 0.660. The Hall–Kier alpha value is -1.16. The molecule has 0 fully saturated rings. The molecule has 1 unspecified atom stereocenters. The number of methoxy groups -OCH3 is 2. The zero-order valence-electron chi connectivity index (χ0n) is 9.54. The van der Waals surface area contributed by atoms with Crippen molar-refractivity contribution < 1.29 is 27.2 Å². The second kappa shape index (κ2) is 4.61. The quantitative estimate of drug-likeness (QED) is 0.791. The Bertz CT molecular complexity index is 434. The van der Waals surface area contributed by atoms with Gasteiger partial charge in [-0.05, 0) is 12.1 Å². The third kappa shape index (κ3) is 2.41. The lowest BCUT2D eigenvalue weighted by Gasteiger charge is -2.21. The van der Waals surface area contributed by atoms with E-state index < -0.39 is 18.4 Å². The zero-order valence-corrected chi connectivity index (χ0v) is 10.4. The van der Waals surface area contributed by atoms with E-state index in [1.165, 1.54) is 32.4 Å². The fraction of sp³-hybridized carbons (Fsp3) is 0.400. The van der Waals surface area contributed by atoms with E-state index in [1.54, 1.807) is 0 Å². The fourth-order valence-electron chi connectivity index (χ4n) is 1.38. The van der Waals surface area contributed by atoms with E-state index in [-0.39, 0.29) is 11.5 Å². The van der Waals surface area contributed by atoms with Crippen molar-refractivity contribution in [2.75, 3.05) is 20.9 Å². The summed E-state index contributed by atoms with van der Waals surface area (Å²) < 4.78 is 59.9. The second-order valence-corrected chi connectivity index (χ2v) is 6.21. The molecule has 1 rings (SSSR count). The molecule has 0 aliphatic rings. The molecule has 0 bridgehead atoms. The topological polar surface area (TPSA) is 35.5 Å². The van der Waals surface area contributed by atoms with Gasteiger partial charge in [-0.15, -0.1) is 0 Å². The van der Waals surface area contributed by atoms with Crippen LogP contribution in [0.5, 0.6) is 11.5 Å². The van der Waals surface area contributed by atoms with Gasteiger partial charge in [0.2, 0.25) is 7.14 Å². The molecule has 3 nitrogen and oxygen atoms in total. The Balaban J connectivity index is 3.54. The highest BCUT2D eigenvalue weighted by Crippen LogP contribution is 2.59. The largest absolute Gasteiger partial charge is 0.496 e. The Labute approximate surface area is 96.9 Å². The van der Waals surface area contributed by atoms with Crippen molar-refractivity contribution in [3.63, 3.8) is 0 Å². The summed E-state index contributed by atoms with van der Waals surface area (Å²) in [5.41, 5.74) is 0. The maximum absolute atomic E-state index is 12.8. The number of benzene rings is 1. The van der Waals surface area contributed by atoms with E-state index in [1.807, 2.05) is 0 Å². The average Bonchev–Trinajstić information content (AvgIpc) is 2.26.